The number of para-hydroxylation sites is 1. The van der Waals surface area contributed by atoms with E-state index in [0.29, 0.717) is 29.7 Å². The number of hydrogen-bond acceptors (Lipinski definition) is 6. The number of hydrogen-bond donors (Lipinski definition) is 1. The van der Waals surface area contributed by atoms with Gasteiger partial charge in [-0.2, -0.15) is 4.31 Å². The van der Waals surface area contributed by atoms with Gasteiger partial charge in [0.25, 0.3) is 5.91 Å². The van der Waals surface area contributed by atoms with E-state index in [2.05, 4.69) is 5.32 Å². The molecule has 1 N–H and O–H groups in total. The van der Waals surface area contributed by atoms with Gasteiger partial charge in [-0.25, -0.2) is 8.42 Å². The summed E-state index contributed by atoms with van der Waals surface area (Å²) in [7, 11) is -2.40. The summed E-state index contributed by atoms with van der Waals surface area (Å²) in [6, 6.07) is 11.2. The van der Waals surface area contributed by atoms with Crippen molar-refractivity contribution in [2.75, 3.05) is 45.3 Å². The lowest BCUT2D eigenvalue weighted by Gasteiger charge is -2.26. The predicted octanol–water partition coefficient (Wildman–Crippen LogP) is 2.39. The molecule has 1 aliphatic heterocycles. The van der Waals surface area contributed by atoms with Crippen LogP contribution in [0.3, 0.4) is 0 Å². The number of carbonyl (C=O) groups excluding carboxylic acids is 1. The zero-order valence-corrected chi connectivity index (χ0v) is 17.3. The summed E-state index contributed by atoms with van der Waals surface area (Å²) < 4.78 is 43.1. The lowest BCUT2D eigenvalue weighted by Crippen LogP contribution is -2.40. The number of amides is 1. The zero-order valence-electron chi connectivity index (χ0n) is 15.8. The molecule has 156 valence electrons. The van der Waals surface area contributed by atoms with Crippen molar-refractivity contribution >= 4 is 33.2 Å². The number of carbonyl (C=O) groups is 1. The molecule has 0 radical (unpaired) electrons. The SMILES string of the molecule is COc1ccc(NC(=O)COc2ccccc2Cl)cc1S(=O)(=O)N1CCOCC1. The molecule has 0 aromatic heterocycles. The van der Waals surface area contributed by atoms with E-state index in [4.69, 9.17) is 25.8 Å². The van der Waals surface area contributed by atoms with Crippen molar-refractivity contribution < 1.29 is 27.4 Å². The number of methoxy groups -OCH3 is 1. The molecule has 0 spiro atoms. The number of anilines is 1. The highest BCUT2D eigenvalue weighted by molar-refractivity contribution is 7.89. The summed E-state index contributed by atoms with van der Waals surface area (Å²) in [5, 5.41) is 3.02. The van der Waals surface area contributed by atoms with Crippen LogP contribution in [0.15, 0.2) is 47.4 Å². The lowest BCUT2D eigenvalue weighted by atomic mass is 10.3. The Morgan fingerprint density at radius 1 is 1.17 bits per heavy atom. The number of halogens is 1. The Bertz CT molecular complexity index is 976. The number of sulfonamides is 1. The molecule has 8 nitrogen and oxygen atoms in total. The second-order valence-corrected chi connectivity index (χ2v) is 8.46. The first-order chi connectivity index (χ1) is 13.9. The van der Waals surface area contributed by atoms with Crippen LogP contribution in [0.4, 0.5) is 5.69 Å². The lowest BCUT2D eigenvalue weighted by molar-refractivity contribution is -0.118. The molecule has 1 saturated heterocycles. The highest BCUT2D eigenvalue weighted by atomic mass is 35.5. The highest BCUT2D eigenvalue weighted by Crippen LogP contribution is 2.30. The number of morpholine rings is 1. The molecule has 2 aromatic carbocycles. The summed E-state index contributed by atoms with van der Waals surface area (Å²) in [6.07, 6.45) is 0. The maximum absolute atomic E-state index is 13.0. The Morgan fingerprint density at radius 2 is 1.90 bits per heavy atom. The van der Waals surface area contributed by atoms with Crippen molar-refractivity contribution in [1.29, 1.82) is 0 Å². The Labute approximate surface area is 174 Å². The molecule has 0 bridgehead atoms. The van der Waals surface area contributed by atoms with Crippen molar-refractivity contribution in [3.63, 3.8) is 0 Å². The van der Waals surface area contributed by atoms with E-state index in [-0.39, 0.29) is 30.3 Å². The number of nitrogens with zero attached hydrogens (tertiary/aromatic N) is 1. The van der Waals surface area contributed by atoms with Crippen molar-refractivity contribution in [3.05, 3.63) is 47.5 Å². The maximum Gasteiger partial charge on any atom is 0.262 e. The zero-order chi connectivity index (χ0) is 20.9. The van der Waals surface area contributed by atoms with Crippen molar-refractivity contribution in [2.24, 2.45) is 0 Å². The van der Waals surface area contributed by atoms with Crippen LogP contribution >= 0.6 is 11.6 Å². The molecule has 0 saturated carbocycles. The van der Waals surface area contributed by atoms with Crippen molar-refractivity contribution in [1.82, 2.24) is 4.31 Å². The highest BCUT2D eigenvalue weighted by Gasteiger charge is 2.29. The average Bonchev–Trinajstić information content (AvgIpc) is 2.74. The topological polar surface area (TPSA) is 94.2 Å². The number of ether oxygens (including phenoxy) is 3. The summed E-state index contributed by atoms with van der Waals surface area (Å²) in [6.45, 7) is 0.900. The molecule has 1 fully saturated rings. The summed E-state index contributed by atoms with van der Waals surface area (Å²) in [5.41, 5.74) is 0.311. The molecule has 29 heavy (non-hydrogen) atoms. The van der Waals surface area contributed by atoms with Crippen LogP contribution in [0.1, 0.15) is 0 Å². The number of nitrogens with one attached hydrogen (secondary N) is 1. The molecule has 0 atom stereocenters. The van der Waals surface area contributed by atoms with Crippen molar-refractivity contribution in [3.8, 4) is 11.5 Å². The monoisotopic (exact) mass is 440 g/mol. The standard InChI is InChI=1S/C19H21ClN2O6S/c1-26-17-7-6-14(12-18(17)29(24,25)22-8-10-27-11-9-22)21-19(23)13-28-16-5-3-2-4-15(16)20/h2-7,12H,8-11,13H2,1H3,(H,21,23). The van der Waals surface area contributed by atoms with Crippen LogP contribution in [0.2, 0.25) is 5.02 Å². The van der Waals surface area contributed by atoms with E-state index in [1.807, 2.05) is 0 Å². The van der Waals surface area contributed by atoms with Gasteiger partial charge in [-0.15, -0.1) is 0 Å². The van der Waals surface area contributed by atoms with Crippen LogP contribution in [-0.2, 0) is 19.6 Å². The fourth-order valence-corrected chi connectivity index (χ4v) is 4.56. The first-order valence-corrected chi connectivity index (χ1v) is 10.7. The second-order valence-electron chi connectivity index (χ2n) is 6.15. The molecule has 1 heterocycles. The van der Waals surface area contributed by atoms with Gasteiger partial charge in [-0.1, -0.05) is 23.7 Å². The Balaban J connectivity index is 1.74. The number of rotatable bonds is 7. The molecule has 3 rings (SSSR count). The van der Waals surface area contributed by atoms with Gasteiger partial charge in [0.2, 0.25) is 10.0 Å². The Morgan fingerprint density at radius 3 is 2.59 bits per heavy atom. The fourth-order valence-electron chi connectivity index (χ4n) is 2.78. The minimum absolute atomic E-state index is 0.0216. The molecule has 0 unspecified atom stereocenters. The average molecular weight is 441 g/mol. The van der Waals surface area contributed by atoms with Crippen LogP contribution in [0, 0.1) is 0 Å². The summed E-state index contributed by atoms with van der Waals surface area (Å²) in [5.74, 6) is 0.126. The van der Waals surface area contributed by atoms with Crippen LogP contribution < -0.4 is 14.8 Å². The van der Waals surface area contributed by atoms with E-state index in [0.717, 1.165) is 0 Å². The normalized spacial score (nSPS) is 15.0. The molecular formula is C19H21ClN2O6S. The maximum atomic E-state index is 13.0. The quantitative estimate of drug-likeness (QED) is 0.710. The van der Waals surface area contributed by atoms with E-state index in [1.165, 1.54) is 23.5 Å². The summed E-state index contributed by atoms with van der Waals surface area (Å²) >= 11 is 6.00. The molecular weight excluding hydrogens is 420 g/mol. The van der Waals surface area contributed by atoms with E-state index in [1.54, 1.807) is 30.3 Å². The van der Waals surface area contributed by atoms with Gasteiger partial charge in [0.1, 0.15) is 16.4 Å². The van der Waals surface area contributed by atoms with E-state index < -0.39 is 15.9 Å². The van der Waals surface area contributed by atoms with Gasteiger partial charge in [0.05, 0.1) is 25.3 Å². The van der Waals surface area contributed by atoms with Crippen molar-refractivity contribution in [2.45, 2.75) is 4.90 Å². The Kier molecular flexibility index (Phi) is 6.96. The summed E-state index contributed by atoms with van der Waals surface area (Å²) in [4.78, 5) is 12.2. The minimum atomic E-state index is -3.80. The molecule has 10 heteroatoms. The van der Waals surface area contributed by atoms with E-state index in [9.17, 15) is 13.2 Å². The third kappa shape index (κ3) is 5.18. The minimum Gasteiger partial charge on any atom is -0.495 e. The first-order valence-electron chi connectivity index (χ1n) is 8.85. The van der Waals surface area contributed by atoms with E-state index >= 15 is 0 Å². The molecule has 2 aromatic rings. The second kappa shape index (κ2) is 9.45. The molecule has 0 aliphatic carbocycles. The van der Waals surface area contributed by atoms with Gasteiger partial charge >= 0.3 is 0 Å². The first kappa shape index (κ1) is 21.4. The Hall–Kier alpha value is -2.33. The van der Waals surface area contributed by atoms with Gasteiger partial charge in [0, 0.05) is 18.8 Å². The number of benzene rings is 2. The third-order valence-corrected chi connectivity index (χ3v) is 6.46. The van der Waals surface area contributed by atoms with Gasteiger partial charge in [-0.3, -0.25) is 4.79 Å². The van der Waals surface area contributed by atoms with Crippen LogP contribution in [0.25, 0.3) is 0 Å². The van der Waals surface area contributed by atoms with Gasteiger partial charge < -0.3 is 19.5 Å². The van der Waals surface area contributed by atoms with Gasteiger partial charge in [-0.05, 0) is 30.3 Å². The fraction of sp³-hybridized carbons (Fsp3) is 0.316. The largest absolute Gasteiger partial charge is 0.495 e. The van der Waals surface area contributed by atoms with Crippen LogP contribution in [0.5, 0.6) is 11.5 Å². The predicted molar refractivity (Wildman–Crippen MR) is 108 cm³/mol. The van der Waals surface area contributed by atoms with Gasteiger partial charge in [0.15, 0.2) is 6.61 Å². The molecule has 1 amide bonds. The molecule has 1 aliphatic rings. The van der Waals surface area contributed by atoms with Crippen LogP contribution in [-0.4, -0.2) is 58.7 Å². The smallest absolute Gasteiger partial charge is 0.262 e. The third-order valence-electron chi connectivity index (χ3n) is 4.23.